The van der Waals surface area contributed by atoms with E-state index in [1.165, 1.54) is 38.2 Å². The molecular formula is C13H19N3O2. The normalized spacial score (nSPS) is 17.8. The molecule has 98 valence electrons. The molecular weight excluding hydrogens is 230 g/mol. The lowest BCUT2D eigenvalue weighted by molar-refractivity contribution is 0.0694. The molecule has 18 heavy (non-hydrogen) atoms. The number of hydrogen-bond donors (Lipinski definition) is 2. The molecule has 0 unspecified atom stereocenters. The smallest absolute Gasteiger partial charge is 0.339 e. The monoisotopic (exact) mass is 249 g/mol. The van der Waals surface area contributed by atoms with Crippen molar-refractivity contribution in [2.75, 3.05) is 0 Å². The van der Waals surface area contributed by atoms with Crippen LogP contribution in [0.3, 0.4) is 0 Å². The largest absolute Gasteiger partial charge is 0.478 e. The predicted octanol–water partition coefficient (Wildman–Crippen LogP) is 1.84. The van der Waals surface area contributed by atoms with Crippen molar-refractivity contribution in [2.45, 2.75) is 45.2 Å². The van der Waals surface area contributed by atoms with E-state index in [0.29, 0.717) is 24.2 Å². The van der Waals surface area contributed by atoms with Crippen LogP contribution in [0.15, 0.2) is 12.5 Å². The SMILES string of the molecule is C[C@H](NCc1ncncc1C(=O)O)C1CCCC1. The zero-order valence-electron chi connectivity index (χ0n) is 10.6. The minimum absolute atomic E-state index is 0.184. The molecule has 1 saturated carbocycles. The number of hydrogen-bond acceptors (Lipinski definition) is 4. The first kappa shape index (κ1) is 13.0. The maximum Gasteiger partial charge on any atom is 0.339 e. The maximum atomic E-state index is 11.0. The average molecular weight is 249 g/mol. The van der Waals surface area contributed by atoms with Gasteiger partial charge < -0.3 is 10.4 Å². The van der Waals surface area contributed by atoms with Gasteiger partial charge in [-0.3, -0.25) is 0 Å². The van der Waals surface area contributed by atoms with E-state index >= 15 is 0 Å². The van der Waals surface area contributed by atoms with Crippen LogP contribution in [0.25, 0.3) is 0 Å². The quantitative estimate of drug-likeness (QED) is 0.832. The molecule has 0 saturated heterocycles. The van der Waals surface area contributed by atoms with E-state index in [-0.39, 0.29) is 5.56 Å². The average Bonchev–Trinajstić information content (AvgIpc) is 2.90. The predicted molar refractivity (Wildman–Crippen MR) is 67.3 cm³/mol. The highest BCUT2D eigenvalue weighted by molar-refractivity contribution is 5.88. The van der Waals surface area contributed by atoms with E-state index in [4.69, 9.17) is 5.11 Å². The Balaban J connectivity index is 1.95. The van der Waals surface area contributed by atoms with Crippen molar-refractivity contribution >= 4 is 5.97 Å². The molecule has 0 radical (unpaired) electrons. The van der Waals surface area contributed by atoms with E-state index in [1.807, 2.05) is 0 Å². The summed E-state index contributed by atoms with van der Waals surface area (Å²) in [7, 11) is 0. The van der Waals surface area contributed by atoms with Crippen LogP contribution < -0.4 is 5.32 Å². The molecule has 0 aliphatic heterocycles. The third-order valence-electron chi connectivity index (χ3n) is 3.72. The minimum Gasteiger partial charge on any atom is -0.478 e. The number of carboxylic acids is 1. The number of aromatic nitrogens is 2. The number of nitrogens with zero attached hydrogens (tertiary/aromatic N) is 2. The van der Waals surface area contributed by atoms with Gasteiger partial charge in [-0.25, -0.2) is 14.8 Å². The molecule has 5 heteroatoms. The first-order chi connectivity index (χ1) is 8.68. The summed E-state index contributed by atoms with van der Waals surface area (Å²) < 4.78 is 0. The van der Waals surface area contributed by atoms with Crippen LogP contribution in [0.2, 0.25) is 0 Å². The maximum absolute atomic E-state index is 11.0. The van der Waals surface area contributed by atoms with Gasteiger partial charge in [-0.2, -0.15) is 0 Å². The molecule has 0 amide bonds. The van der Waals surface area contributed by atoms with Crippen LogP contribution in [0, 0.1) is 5.92 Å². The third-order valence-corrected chi connectivity index (χ3v) is 3.72. The topological polar surface area (TPSA) is 75.1 Å². The molecule has 2 N–H and O–H groups in total. The van der Waals surface area contributed by atoms with Crippen molar-refractivity contribution in [3.8, 4) is 0 Å². The number of rotatable bonds is 5. The van der Waals surface area contributed by atoms with Crippen molar-refractivity contribution < 1.29 is 9.90 Å². The van der Waals surface area contributed by atoms with Crippen molar-refractivity contribution in [2.24, 2.45) is 5.92 Å². The van der Waals surface area contributed by atoms with Crippen LogP contribution in [0.4, 0.5) is 0 Å². The number of carbonyl (C=O) groups is 1. The molecule has 0 spiro atoms. The van der Waals surface area contributed by atoms with Gasteiger partial charge in [-0.05, 0) is 25.7 Å². The highest BCUT2D eigenvalue weighted by Gasteiger charge is 2.21. The molecule has 0 bridgehead atoms. The highest BCUT2D eigenvalue weighted by atomic mass is 16.4. The fourth-order valence-electron chi connectivity index (χ4n) is 2.56. The first-order valence-electron chi connectivity index (χ1n) is 6.44. The lowest BCUT2D eigenvalue weighted by Gasteiger charge is -2.20. The number of carboxylic acid groups (broad SMARTS) is 1. The lowest BCUT2D eigenvalue weighted by atomic mass is 10.00. The molecule has 1 aliphatic rings. The molecule has 0 aromatic carbocycles. The molecule has 1 aromatic rings. The van der Waals surface area contributed by atoms with Crippen molar-refractivity contribution in [3.63, 3.8) is 0 Å². The van der Waals surface area contributed by atoms with Crippen LogP contribution in [-0.4, -0.2) is 27.1 Å². The summed E-state index contributed by atoms with van der Waals surface area (Å²) in [5.41, 5.74) is 0.742. The van der Waals surface area contributed by atoms with E-state index in [2.05, 4.69) is 22.2 Å². The second-order valence-electron chi connectivity index (χ2n) is 4.90. The van der Waals surface area contributed by atoms with Gasteiger partial charge in [-0.15, -0.1) is 0 Å². The molecule has 1 atom stereocenters. The van der Waals surface area contributed by atoms with E-state index in [9.17, 15) is 4.79 Å². The summed E-state index contributed by atoms with van der Waals surface area (Å²) >= 11 is 0. The third kappa shape index (κ3) is 3.04. The summed E-state index contributed by atoms with van der Waals surface area (Å²) in [6.07, 6.45) is 7.90. The molecule has 2 rings (SSSR count). The van der Waals surface area contributed by atoms with Gasteiger partial charge in [0.25, 0.3) is 0 Å². The van der Waals surface area contributed by atoms with Crippen LogP contribution in [0.5, 0.6) is 0 Å². The fraction of sp³-hybridized carbons (Fsp3) is 0.615. The van der Waals surface area contributed by atoms with E-state index in [1.54, 1.807) is 0 Å². The Morgan fingerprint density at radius 3 is 2.94 bits per heavy atom. The van der Waals surface area contributed by atoms with Crippen LogP contribution in [0.1, 0.15) is 48.7 Å². The van der Waals surface area contributed by atoms with E-state index < -0.39 is 5.97 Å². The lowest BCUT2D eigenvalue weighted by Crippen LogP contribution is -2.32. The number of nitrogens with one attached hydrogen (secondary N) is 1. The number of aromatic carboxylic acids is 1. The van der Waals surface area contributed by atoms with Gasteiger partial charge in [-0.1, -0.05) is 12.8 Å². The van der Waals surface area contributed by atoms with E-state index in [0.717, 1.165) is 0 Å². The Morgan fingerprint density at radius 1 is 1.56 bits per heavy atom. The zero-order valence-corrected chi connectivity index (χ0v) is 10.6. The van der Waals surface area contributed by atoms with Gasteiger partial charge in [0.15, 0.2) is 0 Å². The molecule has 1 heterocycles. The summed E-state index contributed by atoms with van der Waals surface area (Å²) in [6, 6.07) is 0.407. The fourth-order valence-corrected chi connectivity index (χ4v) is 2.56. The molecule has 1 fully saturated rings. The summed E-state index contributed by atoms with van der Waals surface area (Å²) in [6.45, 7) is 2.65. The van der Waals surface area contributed by atoms with Crippen molar-refractivity contribution in [1.29, 1.82) is 0 Å². The van der Waals surface area contributed by atoms with Gasteiger partial charge in [0.2, 0.25) is 0 Å². The Morgan fingerprint density at radius 2 is 2.28 bits per heavy atom. The van der Waals surface area contributed by atoms with Crippen LogP contribution in [-0.2, 0) is 6.54 Å². The Bertz CT molecular complexity index is 416. The Kier molecular flexibility index (Phi) is 4.25. The molecule has 1 aliphatic carbocycles. The molecule has 1 aromatic heterocycles. The Hall–Kier alpha value is -1.49. The van der Waals surface area contributed by atoms with Crippen LogP contribution >= 0.6 is 0 Å². The van der Waals surface area contributed by atoms with Crippen molar-refractivity contribution in [1.82, 2.24) is 15.3 Å². The summed E-state index contributed by atoms with van der Waals surface area (Å²) in [4.78, 5) is 18.8. The molecule has 5 nitrogen and oxygen atoms in total. The summed E-state index contributed by atoms with van der Waals surface area (Å²) in [5.74, 6) is -0.263. The standard InChI is InChI=1S/C13H19N3O2/c1-9(10-4-2-3-5-10)15-7-12-11(13(17)18)6-14-8-16-12/h6,8-10,15H,2-5,7H2,1H3,(H,17,18)/t9-/m0/s1. The minimum atomic E-state index is -0.971. The Labute approximate surface area is 107 Å². The first-order valence-corrected chi connectivity index (χ1v) is 6.44. The second-order valence-corrected chi connectivity index (χ2v) is 4.90. The van der Waals surface area contributed by atoms with Crippen molar-refractivity contribution in [3.05, 3.63) is 23.8 Å². The van der Waals surface area contributed by atoms with Gasteiger partial charge >= 0.3 is 5.97 Å². The highest BCUT2D eigenvalue weighted by Crippen LogP contribution is 2.27. The van der Waals surface area contributed by atoms with Gasteiger partial charge in [0, 0.05) is 18.8 Å². The summed E-state index contributed by atoms with van der Waals surface area (Å²) in [5, 5.41) is 12.4. The van der Waals surface area contributed by atoms with Gasteiger partial charge in [0.1, 0.15) is 11.9 Å². The second kappa shape index (κ2) is 5.91. The van der Waals surface area contributed by atoms with Gasteiger partial charge in [0.05, 0.1) is 5.69 Å². The zero-order chi connectivity index (χ0) is 13.0.